The number of nitrogens with two attached hydrogens (primary N) is 2. The maximum absolute atomic E-state index is 12.1. The predicted octanol–water partition coefficient (Wildman–Crippen LogP) is 5.95. The summed E-state index contributed by atoms with van der Waals surface area (Å²) in [6, 6.07) is 14.4. The number of fused-ring (bicyclic) bond motifs is 1. The summed E-state index contributed by atoms with van der Waals surface area (Å²) >= 11 is 1.40. The van der Waals surface area contributed by atoms with Crippen LogP contribution in [0.3, 0.4) is 0 Å². The van der Waals surface area contributed by atoms with Crippen molar-refractivity contribution in [2.24, 2.45) is 22.7 Å². The van der Waals surface area contributed by atoms with Gasteiger partial charge in [-0.05, 0) is 75.1 Å². The van der Waals surface area contributed by atoms with Gasteiger partial charge in [-0.3, -0.25) is 14.8 Å². The molecule has 0 saturated carbocycles. The van der Waals surface area contributed by atoms with Gasteiger partial charge in [0.1, 0.15) is 5.75 Å². The van der Waals surface area contributed by atoms with Crippen molar-refractivity contribution in [3.8, 4) is 5.75 Å². The molecule has 4 atom stereocenters. The van der Waals surface area contributed by atoms with Gasteiger partial charge in [-0.2, -0.15) is 9.12 Å². The predicted molar refractivity (Wildman–Crippen MR) is 206 cm³/mol. The lowest BCUT2D eigenvalue weighted by atomic mass is 9.93. The molecule has 2 unspecified atom stereocenters. The van der Waals surface area contributed by atoms with Crippen LogP contribution in [0.15, 0.2) is 54.6 Å². The fourth-order valence-corrected chi connectivity index (χ4v) is 6.82. The monoisotopic (exact) mass is 696 g/mol. The molecule has 0 aromatic heterocycles. The lowest BCUT2D eigenvalue weighted by Gasteiger charge is -2.31. The number of anilines is 1. The van der Waals surface area contributed by atoms with Gasteiger partial charge in [0.05, 0.1) is 45.8 Å². The molecule has 1 amide bonds. The number of amides is 1. The van der Waals surface area contributed by atoms with Gasteiger partial charge in [0, 0.05) is 50.0 Å². The van der Waals surface area contributed by atoms with Crippen LogP contribution in [0.5, 0.6) is 5.75 Å². The number of morpholine rings is 1. The molecule has 1 saturated heterocycles. The molecule has 0 bridgehead atoms. The zero-order chi connectivity index (χ0) is 34.6. The Kier molecular flexibility index (Phi) is 19.6. The van der Waals surface area contributed by atoms with Gasteiger partial charge in [0.2, 0.25) is 5.91 Å². The zero-order valence-electron chi connectivity index (χ0n) is 29.2. The van der Waals surface area contributed by atoms with E-state index in [0.717, 1.165) is 108 Å². The van der Waals surface area contributed by atoms with E-state index in [1.165, 1.54) is 23.1 Å². The van der Waals surface area contributed by atoms with Crippen molar-refractivity contribution in [3.05, 3.63) is 71.3 Å². The normalized spacial score (nSPS) is 17.9. The number of hydrogen-bond donors (Lipinski definition) is 2. The Balaban J connectivity index is 0.00000307. The van der Waals surface area contributed by atoms with E-state index in [4.69, 9.17) is 25.1 Å². The number of allylic oxidation sites excluding steroid dienone is 1. The molecule has 8 nitrogen and oxygen atoms in total. The first kappa shape index (κ1) is 40.4. The molecule has 4 N–H and O–H groups in total. The van der Waals surface area contributed by atoms with E-state index in [1.807, 2.05) is 21.3 Å². The Labute approximate surface area is 297 Å². The summed E-state index contributed by atoms with van der Waals surface area (Å²) in [5.74, 6) is 2.11. The summed E-state index contributed by atoms with van der Waals surface area (Å²) in [6.45, 7) is 12.0. The molecule has 2 aliphatic heterocycles. The number of carbonyl (C=O) groups excluding carboxylic acids is 1. The van der Waals surface area contributed by atoms with Gasteiger partial charge in [-0.15, -0.1) is 0 Å². The second-order valence-corrected chi connectivity index (χ2v) is 13.5. The SMILES string of the molecule is CC[C@H](CCN1CC(CCCc2cccc(C)c2)COc2ccc(C(N)=O)cc21)[C@H](/C=C/CCCSN)OCCN1CCOCC1.[B]P. The number of ether oxygens (including phenoxy) is 3. The van der Waals surface area contributed by atoms with Crippen LogP contribution in [0.4, 0.5) is 5.69 Å². The van der Waals surface area contributed by atoms with E-state index in [1.54, 1.807) is 6.07 Å². The smallest absolute Gasteiger partial charge is 0.248 e. The average Bonchev–Trinajstić information content (AvgIpc) is 3.28. The van der Waals surface area contributed by atoms with E-state index >= 15 is 0 Å². The van der Waals surface area contributed by atoms with Crippen LogP contribution in [0.25, 0.3) is 0 Å². The Bertz CT molecular complexity index is 1240. The van der Waals surface area contributed by atoms with E-state index < -0.39 is 5.91 Å². The molecule has 1 fully saturated rings. The van der Waals surface area contributed by atoms with Crippen molar-refractivity contribution < 1.29 is 19.0 Å². The number of hydrogen-bond acceptors (Lipinski definition) is 8. The molecule has 2 radical (unpaired) electrons. The van der Waals surface area contributed by atoms with Crippen molar-refractivity contribution in [3.63, 3.8) is 0 Å². The lowest BCUT2D eigenvalue weighted by Crippen LogP contribution is -2.39. The van der Waals surface area contributed by atoms with Gasteiger partial charge >= 0.3 is 0 Å². The Morgan fingerprint density at radius 2 is 1.98 bits per heavy atom. The molecule has 2 aliphatic rings. The molecule has 2 aromatic rings. The van der Waals surface area contributed by atoms with Gasteiger partial charge in [0.25, 0.3) is 0 Å². The average molecular weight is 697 g/mol. The van der Waals surface area contributed by atoms with Crippen LogP contribution in [-0.4, -0.2) is 89.4 Å². The number of benzene rings is 2. The molecular formula is C37H58BN4O4PS. The summed E-state index contributed by atoms with van der Waals surface area (Å²) in [5, 5.41) is 5.64. The van der Waals surface area contributed by atoms with Gasteiger partial charge in [0.15, 0.2) is 0 Å². The third-order valence-corrected chi connectivity index (χ3v) is 9.76. The Hall–Kier alpha value is -2.07. The highest BCUT2D eigenvalue weighted by molar-refractivity contribution is 7.97. The van der Waals surface area contributed by atoms with Crippen molar-refractivity contribution in [2.45, 2.75) is 64.9 Å². The fourth-order valence-electron chi connectivity index (χ4n) is 6.49. The third kappa shape index (κ3) is 14.0. The van der Waals surface area contributed by atoms with Crippen molar-refractivity contribution >= 4 is 40.2 Å². The fraction of sp³-hybridized carbons (Fsp3) is 0.595. The summed E-state index contributed by atoms with van der Waals surface area (Å²) < 4.78 is 18.5. The number of nitrogens with zero attached hydrogens (tertiary/aromatic N) is 2. The van der Waals surface area contributed by atoms with Crippen molar-refractivity contribution in [2.75, 3.05) is 69.8 Å². The van der Waals surface area contributed by atoms with Crippen molar-refractivity contribution in [1.29, 1.82) is 0 Å². The van der Waals surface area contributed by atoms with Gasteiger partial charge in [-0.25, -0.2) is 0 Å². The summed E-state index contributed by atoms with van der Waals surface area (Å²) in [6.07, 6.45) is 11.9. The molecule has 11 heteroatoms. The molecule has 4 rings (SSSR count). The number of aryl methyl sites for hydroxylation is 2. The van der Waals surface area contributed by atoms with Crippen LogP contribution in [0, 0.1) is 18.8 Å². The first-order valence-electron chi connectivity index (χ1n) is 17.6. The first-order chi connectivity index (χ1) is 23.5. The molecule has 2 aromatic carbocycles. The standard InChI is InChI=1S/C37H56N4O4S.BH2P/c1-3-32(35(13-5-4-6-24-46-39)44-23-20-40-18-21-43-22-19-40)16-17-41-27-31(12-8-11-30-10-7-9-29(2)25-30)28-45-36-15-14-33(37(38)42)26-34(36)41;1-2/h5,7,9-10,13-15,25-26,31-32,35H,3-4,6,8,11-12,16-24,27-28,39H2,1-2H3,(H2,38,42);2H2/b13-5+;/t31?,32-,35+;/m1./s1. The third-order valence-electron chi connectivity index (χ3n) is 9.24. The number of unbranched alkanes of at least 4 members (excludes halogenated alkanes) is 1. The van der Waals surface area contributed by atoms with Crippen LogP contribution >= 0.6 is 21.1 Å². The van der Waals surface area contributed by atoms with E-state index in [2.05, 4.69) is 67.6 Å². The second-order valence-electron chi connectivity index (χ2n) is 12.7. The van der Waals surface area contributed by atoms with Crippen LogP contribution in [0.1, 0.15) is 66.9 Å². The first-order valence-corrected chi connectivity index (χ1v) is 19.3. The second kappa shape index (κ2) is 23.4. The Morgan fingerprint density at radius 3 is 2.71 bits per heavy atom. The largest absolute Gasteiger partial charge is 0.491 e. The number of rotatable bonds is 19. The molecular weight excluding hydrogens is 638 g/mol. The van der Waals surface area contributed by atoms with E-state index in [9.17, 15) is 4.79 Å². The maximum atomic E-state index is 12.1. The van der Waals surface area contributed by atoms with Crippen LogP contribution in [-0.2, 0) is 15.9 Å². The lowest BCUT2D eigenvalue weighted by molar-refractivity contribution is -0.00224. The minimum absolute atomic E-state index is 0.0429. The van der Waals surface area contributed by atoms with E-state index in [0.29, 0.717) is 30.6 Å². The van der Waals surface area contributed by atoms with E-state index in [-0.39, 0.29) is 6.10 Å². The summed E-state index contributed by atoms with van der Waals surface area (Å²) in [4.78, 5) is 17.0. The highest BCUT2D eigenvalue weighted by Crippen LogP contribution is 2.35. The maximum Gasteiger partial charge on any atom is 0.248 e. The minimum atomic E-state index is -0.417. The molecule has 0 aliphatic carbocycles. The van der Waals surface area contributed by atoms with Gasteiger partial charge < -0.3 is 24.8 Å². The zero-order valence-corrected chi connectivity index (χ0v) is 31.2. The van der Waals surface area contributed by atoms with Crippen LogP contribution in [0.2, 0.25) is 0 Å². The molecule has 2 heterocycles. The van der Waals surface area contributed by atoms with Crippen molar-refractivity contribution in [1.82, 2.24) is 4.90 Å². The number of carbonyl (C=O) groups is 1. The Morgan fingerprint density at radius 1 is 1.17 bits per heavy atom. The van der Waals surface area contributed by atoms with Gasteiger partial charge in [-0.1, -0.05) is 67.3 Å². The quantitative estimate of drug-likeness (QED) is 0.0611. The topological polar surface area (TPSA) is 103 Å². The summed E-state index contributed by atoms with van der Waals surface area (Å²) in [5.41, 5.74) is 9.88. The molecule has 48 heavy (non-hydrogen) atoms. The summed E-state index contributed by atoms with van der Waals surface area (Å²) in [7, 11) is 6.33. The highest BCUT2D eigenvalue weighted by atomic mass is 32.2. The van der Waals surface area contributed by atoms with Crippen LogP contribution < -0.4 is 20.5 Å². The number of primary amides is 1. The highest BCUT2D eigenvalue weighted by Gasteiger charge is 2.26. The minimum Gasteiger partial charge on any atom is -0.491 e. The molecule has 264 valence electrons. The molecule has 0 spiro atoms.